The Morgan fingerprint density at radius 1 is 1.07 bits per heavy atom. The standard InChI is InChI=1S/C20H25Cl2N3O2S/c1-24(2)17-8-5-15(6-9-17)19(25-11-3-4-12-25)14-23-28(26,27)20-13-16(21)7-10-18(20)22/h5-10,13,19,23H,3-4,11-12,14H2,1-2H3. The molecule has 0 amide bonds. The third kappa shape index (κ3) is 4.99. The molecule has 1 heterocycles. The van der Waals surface area contributed by atoms with Crippen LogP contribution in [0.4, 0.5) is 5.69 Å². The molecule has 0 radical (unpaired) electrons. The van der Waals surface area contributed by atoms with Crippen LogP contribution in [0.25, 0.3) is 0 Å². The van der Waals surface area contributed by atoms with Crippen molar-refractivity contribution in [3.05, 3.63) is 58.1 Å². The lowest BCUT2D eigenvalue weighted by Gasteiger charge is -2.28. The van der Waals surface area contributed by atoms with Crippen LogP contribution < -0.4 is 9.62 Å². The number of halogens is 2. The van der Waals surface area contributed by atoms with Gasteiger partial charge in [0, 0.05) is 37.4 Å². The zero-order valence-electron chi connectivity index (χ0n) is 16.0. The number of anilines is 1. The second kappa shape index (κ2) is 9.01. The summed E-state index contributed by atoms with van der Waals surface area (Å²) in [5, 5.41) is 0.491. The fourth-order valence-corrected chi connectivity index (χ4v) is 5.25. The van der Waals surface area contributed by atoms with Gasteiger partial charge in [-0.3, -0.25) is 4.90 Å². The molecule has 28 heavy (non-hydrogen) atoms. The van der Waals surface area contributed by atoms with Crippen LogP contribution in [0.3, 0.4) is 0 Å². The Morgan fingerprint density at radius 3 is 2.32 bits per heavy atom. The molecule has 0 saturated carbocycles. The molecule has 8 heteroatoms. The van der Waals surface area contributed by atoms with Crippen LogP contribution in [0.2, 0.25) is 10.0 Å². The predicted molar refractivity (Wildman–Crippen MR) is 116 cm³/mol. The van der Waals surface area contributed by atoms with Crippen molar-refractivity contribution in [3.63, 3.8) is 0 Å². The Labute approximate surface area is 177 Å². The summed E-state index contributed by atoms with van der Waals surface area (Å²) in [6.45, 7) is 2.19. The van der Waals surface area contributed by atoms with Crippen molar-refractivity contribution in [1.29, 1.82) is 0 Å². The highest BCUT2D eigenvalue weighted by Gasteiger charge is 2.26. The first-order chi connectivity index (χ1) is 13.3. The van der Waals surface area contributed by atoms with Gasteiger partial charge in [0.1, 0.15) is 4.90 Å². The highest BCUT2D eigenvalue weighted by molar-refractivity contribution is 7.89. The van der Waals surface area contributed by atoms with E-state index in [4.69, 9.17) is 23.2 Å². The van der Waals surface area contributed by atoms with Gasteiger partial charge < -0.3 is 4.90 Å². The smallest absolute Gasteiger partial charge is 0.242 e. The minimum Gasteiger partial charge on any atom is -0.378 e. The molecule has 1 atom stereocenters. The van der Waals surface area contributed by atoms with Crippen LogP contribution in [0.15, 0.2) is 47.4 Å². The van der Waals surface area contributed by atoms with E-state index in [9.17, 15) is 8.42 Å². The van der Waals surface area contributed by atoms with Crippen LogP contribution in [0, 0.1) is 0 Å². The third-order valence-corrected chi connectivity index (χ3v) is 7.17. The Morgan fingerprint density at radius 2 is 1.71 bits per heavy atom. The number of hydrogen-bond donors (Lipinski definition) is 1. The average Bonchev–Trinajstić information content (AvgIpc) is 3.18. The second-order valence-corrected chi connectivity index (χ2v) is 9.75. The van der Waals surface area contributed by atoms with Gasteiger partial charge in [-0.15, -0.1) is 0 Å². The van der Waals surface area contributed by atoms with Crippen molar-refractivity contribution in [2.75, 3.05) is 38.6 Å². The number of nitrogens with one attached hydrogen (secondary N) is 1. The topological polar surface area (TPSA) is 52.7 Å². The maximum atomic E-state index is 12.8. The molecular formula is C20H25Cl2N3O2S. The van der Waals surface area contributed by atoms with E-state index in [1.807, 2.05) is 19.0 Å². The van der Waals surface area contributed by atoms with E-state index in [2.05, 4.69) is 33.9 Å². The van der Waals surface area contributed by atoms with Gasteiger partial charge >= 0.3 is 0 Å². The maximum absolute atomic E-state index is 12.8. The quantitative estimate of drug-likeness (QED) is 0.699. The fraction of sp³-hybridized carbons (Fsp3) is 0.400. The summed E-state index contributed by atoms with van der Waals surface area (Å²) in [6, 6.07) is 12.7. The summed E-state index contributed by atoms with van der Waals surface area (Å²) in [4.78, 5) is 4.37. The Hall–Kier alpha value is -1.31. The van der Waals surface area contributed by atoms with E-state index in [0.29, 0.717) is 5.02 Å². The molecule has 152 valence electrons. The minimum atomic E-state index is -3.77. The van der Waals surface area contributed by atoms with Gasteiger partial charge in [0.25, 0.3) is 0 Å². The largest absolute Gasteiger partial charge is 0.378 e. The van der Waals surface area contributed by atoms with Crippen molar-refractivity contribution >= 4 is 38.9 Å². The highest BCUT2D eigenvalue weighted by atomic mass is 35.5. The lowest BCUT2D eigenvalue weighted by atomic mass is 10.1. The lowest BCUT2D eigenvalue weighted by Crippen LogP contribution is -2.36. The first-order valence-corrected chi connectivity index (χ1v) is 11.5. The van der Waals surface area contributed by atoms with Crippen LogP contribution in [0.1, 0.15) is 24.4 Å². The molecule has 3 rings (SSSR count). The third-order valence-electron chi connectivity index (χ3n) is 5.03. The maximum Gasteiger partial charge on any atom is 0.242 e. The first-order valence-electron chi connectivity index (χ1n) is 9.24. The molecule has 2 aromatic carbocycles. The molecule has 5 nitrogen and oxygen atoms in total. The average molecular weight is 442 g/mol. The van der Waals surface area contributed by atoms with Crippen LogP contribution >= 0.6 is 23.2 Å². The van der Waals surface area contributed by atoms with E-state index in [0.717, 1.165) is 37.2 Å². The predicted octanol–water partition coefficient (Wildman–Crippen LogP) is 4.17. The van der Waals surface area contributed by atoms with Gasteiger partial charge in [0.05, 0.1) is 5.02 Å². The van der Waals surface area contributed by atoms with E-state index in [1.165, 1.54) is 12.1 Å². The monoisotopic (exact) mass is 441 g/mol. The van der Waals surface area contributed by atoms with Crippen molar-refractivity contribution < 1.29 is 8.42 Å². The molecule has 2 aromatic rings. The number of hydrogen-bond acceptors (Lipinski definition) is 4. The van der Waals surface area contributed by atoms with E-state index < -0.39 is 10.0 Å². The summed E-state index contributed by atoms with van der Waals surface area (Å²) >= 11 is 12.1. The molecule has 1 unspecified atom stereocenters. The molecule has 0 aromatic heterocycles. The number of benzene rings is 2. The number of likely N-dealkylation sites (tertiary alicyclic amines) is 1. The van der Waals surface area contributed by atoms with Crippen molar-refractivity contribution in [3.8, 4) is 0 Å². The zero-order valence-corrected chi connectivity index (χ0v) is 18.4. The van der Waals surface area contributed by atoms with Gasteiger partial charge in [-0.05, 0) is 61.8 Å². The number of rotatable bonds is 7. The molecule has 1 aliphatic heterocycles. The molecule has 0 aliphatic carbocycles. The van der Waals surface area contributed by atoms with Crippen LogP contribution in [0.5, 0.6) is 0 Å². The Bertz CT molecular complexity index is 912. The Balaban J connectivity index is 1.82. The summed E-state index contributed by atoms with van der Waals surface area (Å²) < 4.78 is 28.4. The Kier molecular flexibility index (Phi) is 6.89. The summed E-state index contributed by atoms with van der Waals surface area (Å²) in [7, 11) is 0.223. The zero-order chi connectivity index (χ0) is 20.3. The van der Waals surface area contributed by atoms with Gasteiger partial charge in [0.15, 0.2) is 0 Å². The van der Waals surface area contributed by atoms with E-state index in [1.54, 1.807) is 6.07 Å². The van der Waals surface area contributed by atoms with Gasteiger partial charge in [0.2, 0.25) is 10.0 Å². The van der Waals surface area contributed by atoms with Crippen molar-refractivity contribution in [1.82, 2.24) is 9.62 Å². The fourth-order valence-electron chi connectivity index (χ4n) is 3.46. The molecule has 1 fully saturated rings. The van der Waals surface area contributed by atoms with Crippen LogP contribution in [-0.2, 0) is 10.0 Å². The van der Waals surface area contributed by atoms with E-state index in [-0.39, 0.29) is 22.5 Å². The van der Waals surface area contributed by atoms with Gasteiger partial charge in [-0.2, -0.15) is 0 Å². The minimum absolute atomic E-state index is 0.00444. The van der Waals surface area contributed by atoms with E-state index >= 15 is 0 Å². The summed E-state index contributed by atoms with van der Waals surface area (Å²) in [5.74, 6) is 0. The lowest BCUT2D eigenvalue weighted by molar-refractivity contribution is 0.246. The molecule has 1 saturated heterocycles. The first kappa shape index (κ1) is 21.4. The normalized spacial score (nSPS) is 16.3. The summed E-state index contributed by atoms with van der Waals surface area (Å²) in [5.41, 5.74) is 2.20. The number of nitrogens with zero attached hydrogens (tertiary/aromatic N) is 2. The van der Waals surface area contributed by atoms with Gasteiger partial charge in [-0.1, -0.05) is 35.3 Å². The van der Waals surface area contributed by atoms with Crippen molar-refractivity contribution in [2.45, 2.75) is 23.8 Å². The second-order valence-electron chi connectivity index (χ2n) is 7.17. The van der Waals surface area contributed by atoms with Crippen molar-refractivity contribution in [2.24, 2.45) is 0 Å². The molecule has 1 N–H and O–H groups in total. The number of sulfonamides is 1. The van der Waals surface area contributed by atoms with Gasteiger partial charge in [-0.25, -0.2) is 13.1 Å². The SMILES string of the molecule is CN(C)c1ccc(C(CNS(=O)(=O)c2cc(Cl)ccc2Cl)N2CCCC2)cc1. The molecule has 0 spiro atoms. The summed E-state index contributed by atoms with van der Waals surface area (Å²) in [6.07, 6.45) is 2.25. The highest BCUT2D eigenvalue weighted by Crippen LogP contribution is 2.28. The molecular weight excluding hydrogens is 417 g/mol. The van der Waals surface area contributed by atoms with Crippen LogP contribution in [-0.4, -0.2) is 47.0 Å². The molecule has 1 aliphatic rings. The molecule has 0 bridgehead atoms.